The Kier molecular flexibility index (Phi) is 4.24. The van der Waals surface area contributed by atoms with Gasteiger partial charge in [0.15, 0.2) is 0 Å². The second kappa shape index (κ2) is 6.48. The lowest BCUT2D eigenvalue weighted by molar-refractivity contribution is 0.0957. The van der Waals surface area contributed by atoms with Crippen molar-refractivity contribution in [2.75, 3.05) is 13.7 Å². The van der Waals surface area contributed by atoms with E-state index < -0.39 is 0 Å². The lowest BCUT2D eigenvalue weighted by atomic mass is 10.0. The summed E-state index contributed by atoms with van der Waals surface area (Å²) in [5.41, 5.74) is 3.11. The summed E-state index contributed by atoms with van der Waals surface area (Å²) < 4.78 is 5.27. The molecule has 0 aliphatic carbocycles. The van der Waals surface area contributed by atoms with Crippen LogP contribution in [0.2, 0.25) is 0 Å². The number of nitrogens with zero attached hydrogens (tertiary/aromatic N) is 1. The number of amides is 1. The van der Waals surface area contributed by atoms with E-state index in [1.165, 1.54) is 0 Å². The van der Waals surface area contributed by atoms with Gasteiger partial charge in [-0.1, -0.05) is 30.3 Å². The van der Waals surface area contributed by atoms with Crippen molar-refractivity contribution in [1.29, 1.82) is 0 Å². The van der Waals surface area contributed by atoms with Gasteiger partial charge in [0, 0.05) is 17.5 Å². The fourth-order valence-electron chi connectivity index (χ4n) is 2.55. The molecule has 3 rings (SSSR count). The number of carbonyl (C=O) groups is 1. The number of aromatic nitrogens is 1. The third-order valence-corrected chi connectivity index (χ3v) is 3.66. The highest BCUT2D eigenvalue weighted by molar-refractivity contribution is 6.07. The second-order valence-electron chi connectivity index (χ2n) is 5.16. The SMILES string of the molecule is CCNC(=O)c1cc(-c2cccc(OC)c2)nc2ccccc12. The average Bonchev–Trinajstić information content (AvgIpc) is 2.61. The molecule has 0 fully saturated rings. The number of methoxy groups -OCH3 is 1. The first kappa shape index (κ1) is 15.0. The topological polar surface area (TPSA) is 51.2 Å². The fourth-order valence-corrected chi connectivity index (χ4v) is 2.55. The van der Waals surface area contributed by atoms with Gasteiger partial charge >= 0.3 is 0 Å². The zero-order valence-electron chi connectivity index (χ0n) is 13.2. The maximum absolute atomic E-state index is 12.4. The van der Waals surface area contributed by atoms with Crippen LogP contribution in [0.4, 0.5) is 0 Å². The zero-order valence-corrected chi connectivity index (χ0v) is 13.2. The Morgan fingerprint density at radius 3 is 2.74 bits per heavy atom. The summed E-state index contributed by atoms with van der Waals surface area (Å²) in [6.07, 6.45) is 0. The van der Waals surface area contributed by atoms with Crippen LogP contribution in [0.25, 0.3) is 22.2 Å². The van der Waals surface area contributed by atoms with Gasteiger partial charge in [0.2, 0.25) is 0 Å². The Bertz CT molecular complexity index is 859. The predicted molar refractivity (Wildman–Crippen MR) is 91.7 cm³/mol. The van der Waals surface area contributed by atoms with E-state index in [9.17, 15) is 4.79 Å². The van der Waals surface area contributed by atoms with Crippen molar-refractivity contribution in [2.45, 2.75) is 6.92 Å². The largest absolute Gasteiger partial charge is 0.497 e. The number of rotatable bonds is 4. The zero-order chi connectivity index (χ0) is 16.2. The number of ether oxygens (including phenoxy) is 1. The molecule has 0 unspecified atom stereocenters. The molecular weight excluding hydrogens is 288 g/mol. The number of hydrogen-bond acceptors (Lipinski definition) is 3. The van der Waals surface area contributed by atoms with Gasteiger partial charge in [0.1, 0.15) is 5.75 Å². The molecule has 0 spiro atoms. The number of benzene rings is 2. The third-order valence-electron chi connectivity index (χ3n) is 3.66. The van der Waals surface area contributed by atoms with Crippen LogP contribution in [0.1, 0.15) is 17.3 Å². The van der Waals surface area contributed by atoms with Crippen molar-refractivity contribution >= 4 is 16.8 Å². The molecule has 0 atom stereocenters. The van der Waals surface area contributed by atoms with Gasteiger partial charge in [-0.2, -0.15) is 0 Å². The Morgan fingerprint density at radius 1 is 1.13 bits per heavy atom. The molecular formula is C19H18N2O2. The van der Waals surface area contributed by atoms with E-state index in [-0.39, 0.29) is 5.91 Å². The van der Waals surface area contributed by atoms with E-state index in [1.54, 1.807) is 7.11 Å². The summed E-state index contributed by atoms with van der Waals surface area (Å²) in [7, 11) is 1.63. The van der Waals surface area contributed by atoms with Crippen LogP contribution in [-0.4, -0.2) is 24.5 Å². The van der Waals surface area contributed by atoms with Gasteiger partial charge in [-0.15, -0.1) is 0 Å². The van der Waals surface area contributed by atoms with Crippen LogP contribution in [-0.2, 0) is 0 Å². The van der Waals surface area contributed by atoms with Gasteiger partial charge in [-0.05, 0) is 31.2 Å². The lowest BCUT2D eigenvalue weighted by Crippen LogP contribution is -2.23. The minimum absolute atomic E-state index is 0.0877. The average molecular weight is 306 g/mol. The number of fused-ring (bicyclic) bond motifs is 1. The standard InChI is InChI=1S/C19H18N2O2/c1-3-20-19(22)16-12-18(13-7-6-8-14(11-13)23-2)21-17-10-5-4-9-15(16)17/h4-12H,3H2,1-2H3,(H,20,22). The van der Waals surface area contributed by atoms with Gasteiger partial charge in [0.25, 0.3) is 5.91 Å². The summed E-state index contributed by atoms with van der Waals surface area (Å²) in [6, 6.07) is 17.2. The highest BCUT2D eigenvalue weighted by atomic mass is 16.5. The lowest BCUT2D eigenvalue weighted by Gasteiger charge is -2.10. The fraction of sp³-hybridized carbons (Fsp3) is 0.158. The van der Waals surface area contributed by atoms with E-state index >= 15 is 0 Å². The summed E-state index contributed by atoms with van der Waals surface area (Å²) in [4.78, 5) is 17.1. The minimum Gasteiger partial charge on any atom is -0.497 e. The third kappa shape index (κ3) is 3.01. The normalized spacial score (nSPS) is 10.5. The van der Waals surface area contributed by atoms with Gasteiger partial charge in [-0.3, -0.25) is 4.79 Å². The van der Waals surface area contributed by atoms with Gasteiger partial charge < -0.3 is 10.1 Å². The molecule has 0 radical (unpaired) electrons. The molecule has 4 heteroatoms. The van der Waals surface area contributed by atoms with E-state index in [2.05, 4.69) is 10.3 Å². The van der Waals surface area contributed by atoms with Crippen molar-refractivity contribution < 1.29 is 9.53 Å². The summed E-state index contributed by atoms with van der Waals surface area (Å²) in [6.45, 7) is 2.49. The molecule has 0 aliphatic heterocycles. The molecule has 116 valence electrons. The van der Waals surface area contributed by atoms with Crippen molar-refractivity contribution in [1.82, 2.24) is 10.3 Å². The van der Waals surface area contributed by atoms with Crippen molar-refractivity contribution in [3.05, 3.63) is 60.2 Å². The number of nitrogens with one attached hydrogen (secondary N) is 1. The predicted octanol–water partition coefficient (Wildman–Crippen LogP) is 3.66. The van der Waals surface area contributed by atoms with Crippen LogP contribution >= 0.6 is 0 Å². The molecule has 0 bridgehead atoms. The smallest absolute Gasteiger partial charge is 0.252 e. The van der Waals surface area contributed by atoms with Crippen molar-refractivity contribution in [3.63, 3.8) is 0 Å². The summed E-state index contributed by atoms with van der Waals surface area (Å²) >= 11 is 0. The highest BCUT2D eigenvalue weighted by Gasteiger charge is 2.13. The van der Waals surface area contributed by atoms with Crippen LogP contribution < -0.4 is 10.1 Å². The Hall–Kier alpha value is -2.88. The Labute approximate surface area is 135 Å². The first-order valence-electron chi connectivity index (χ1n) is 7.55. The number of pyridine rings is 1. The molecule has 0 saturated heterocycles. The van der Waals surface area contributed by atoms with E-state index in [0.29, 0.717) is 12.1 Å². The van der Waals surface area contributed by atoms with E-state index in [4.69, 9.17) is 4.74 Å². The molecule has 1 heterocycles. The van der Waals surface area contributed by atoms with Crippen LogP contribution in [0.3, 0.4) is 0 Å². The monoisotopic (exact) mass is 306 g/mol. The second-order valence-corrected chi connectivity index (χ2v) is 5.16. The molecule has 4 nitrogen and oxygen atoms in total. The number of para-hydroxylation sites is 1. The molecule has 0 saturated carbocycles. The van der Waals surface area contributed by atoms with Crippen LogP contribution in [0.5, 0.6) is 5.75 Å². The molecule has 1 amide bonds. The molecule has 0 aliphatic rings. The van der Waals surface area contributed by atoms with E-state index in [0.717, 1.165) is 27.9 Å². The van der Waals surface area contributed by atoms with Gasteiger partial charge in [0.05, 0.1) is 23.9 Å². The highest BCUT2D eigenvalue weighted by Crippen LogP contribution is 2.27. The van der Waals surface area contributed by atoms with Crippen molar-refractivity contribution in [3.8, 4) is 17.0 Å². The molecule has 23 heavy (non-hydrogen) atoms. The van der Waals surface area contributed by atoms with Crippen molar-refractivity contribution in [2.24, 2.45) is 0 Å². The Morgan fingerprint density at radius 2 is 1.96 bits per heavy atom. The number of carbonyl (C=O) groups excluding carboxylic acids is 1. The molecule has 2 aromatic carbocycles. The number of hydrogen-bond donors (Lipinski definition) is 1. The van der Waals surface area contributed by atoms with Crippen LogP contribution in [0.15, 0.2) is 54.6 Å². The van der Waals surface area contributed by atoms with Crippen LogP contribution in [0, 0.1) is 0 Å². The maximum atomic E-state index is 12.4. The van der Waals surface area contributed by atoms with Gasteiger partial charge in [-0.25, -0.2) is 4.98 Å². The summed E-state index contributed by atoms with van der Waals surface area (Å²) in [5, 5.41) is 3.72. The quantitative estimate of drug-likeness (QED) is 0.800. The molecule has 1 N–H and O–H groups in total. The first-order valence-corrected chi connectivity index (χ1v) is 7.55. The first-order chi connectivity index (χ1) is 11.2. The maximum Gasteiger partial charge on any atom is 0.252 e. The molecule has 3 aromatic rings. The molecule has 1 aromatic heterocycles. The minimum atomic E-state index is -0.0877. The Balaban J connectivity index is 2.20. The van der Waals surface area contributed by atoms with E-state index in [1.807, 2.05) is 61.5 Å². The summed E-state index contributed by atoms with van der Waals surface area (Å²) in [5.74, 6) is 0.673.